The minimum absolute atomic E-state index is 0.00171. The van der Waals surface area contributed by atoms with E-state index in [4.69, 9.17) is 0 Å². The summed E-state index contributed by atoms with van der Waals surface area (Å²) in [5.74, 6) is -0.288. The van der Waals surface area contributed by atoms with Gasteiger partial charge in [0.2, 0.25) is 0 Å². The Balaban J connectivity index is 1.60. The Hall–Kier alpha value is -4.12. The molecule has 3 aromatic heterocycles. The van der Waals surface area contributed by atoms with E-state index in [9.17, 15) is 19.7 Å². The molecule has 1 aliphatic rings. The van der Waals surface area contributed by atoms with Crippen LogP contribution in [0.3, 0.4) is 0 Å². The van der Waals surface area contributed by atoms with Crippen LogP contribution in [0.4, 0.5) is 10.1 Å². The summed E-state index contributed by atoms with van der Waals surface area (Å²) in [6, 6.07) is 15.8. The van der Waals surface area contributed by atoms with E-state index >= 15 is 0 Å². The SMILES string of the molecule is C[C@@H]1CN(c2c(C#N)c(=O)n(C)c3ccc(C#N)nc23)[C@@H](C)CN1C(c1ccc(F)cc1)c1ccns1. The maximum absolute atomic E-state index is 13.7. The maximum atomic E-state index is 13.7. The molecule has 1 aliphatic heterocycles. The molecule has 5 rings (SSSR count). The highest BCUT2D eigenvalue weighted by molar-refractivity contribution is 7.05. The van der Waals surface area contributed by atoms with E-state index in [0.29, 0.717) is 29.8 Å². The van der Waals surface area contributed by atoms with Gasteiger partial charge in [-0.1, -0.05) is 12.1 Å². The average Bonchev–Trinajstić information content (AvgIpc) is 3.43. The lowest BCUT2D eigenvalue weighted by Gasteiger charge is -2.48. The van der Waals surface area contributed by atoms with Crippen LogP contribution in [0.5, 0.6) is 0 Å². The van der Waals surface area contributed by atoms with Crippen LogP contribution in [0.25, 0.3) is 11.0 Å². The third-order valence-corrected chi connectivity index (χ3v) is 7.80. The highest BCUT2D eigenvalue weighted by atomic mass is 32.1. The van der Waals surface area contributed by atoms with Gasteiger partial charge in [-0.25, -0.2) is 13.7 Å². The van der Waals surface area contributed by atoms with Crippen molar-refractivity contribution < 1.29 is 4.39 Å². The molecule has 1 fully saturated rings. The molecule has 0 N–H and O–H groups in total. The summed E-state index contributed by atoms with van der Waals surface area (Å²) in [4.78, 5) is 23.1. The Morgan fingerprint density at radius 3 is 2.46 bits per heavy atom. The van der Waals surface area contributed by atoms with E-state index in [1.165, 1.54) is 28.2 Å². The van der Waals surface area contributed by atoms with Gasteiger partial charge in [-0.3, -0.25) is 9.69 Å². The number of aromatic nitrogens is 3. The number of fused-ring (bicyclic) bond motifs is 1. The predicted octanol–water partition coefficient (Wildman–Crippen LogP) is 3.96. The molecule has 37 heavy (non-hydrogen) atoms. The second-order valence-electron chi connectivity index (χ2n) is 9.29. The summed E-state index contributed by atoms with van der Waals surface area (Å²) < 4.78 is 19.4. The Kier molecular flexibility index (Phi) is 6.46. The molecule has 3 atom stereocenters. The second-order valence-corrected chi connectivity index (χ2v) is 10.2. The van der Waals surface area contributed by atoms with Crippen LogP contribution in [0.15, 0.2) is 53.5 Å². The Bertz CT molecular complexity index is 1600. The molecule has 8 nitrogen and oxygen atoms in total. The van der Waals surface area contributed by atoms with Gasteiger partial charge in [-0.15, -0.1) is 0 Å². The van der Waals surface area contributed by atoms with E-state index in [2.05, 4.69) is 38.2 Å². The zero-order valence-electron chi connectivity index (χ0n) is 20.6. The van der Waals surface area contributed by atoms with E-state index in [-0.39, 0.29) is 35.2 Å². The lowest BCUT2D eigenvalue weighted by atomic mass is 9.97. The zero-order valence-corrected chi connectivity index (χ0v) is 21.4. The molecular formula is C27H24FN7OS. The van der Waals surface area contributed by atoms with Gasteiger partial charge in [0.1, 0.15) is 34.7 Å². The molecular weight excluding hydrogens is 489 g/mol. The number of benzene rings is 1. The molecule has 0 amide bonds. The van der Waals surface area contributed by atoms with Crippen molar-refractivity contribution in [2.24, 2.45) is 7.05 Å². The van der Waals surface area contributed by atoms with Crippen LogP contribution < -0.4 is 10.5 Å². The number of hydrogen-bond donors (Lipinski definition) is 0. The molecule has 1 saturated heterocycles. The van der Waals surface area contributed by atoms with Crippen molar-refractivity contribution in [3.05, 3.63) is 86.5 Å². The highest BCUT2D eigenvalue weighted by Crippen LogP contribution is 2.37. The van der Waals surface area contributed by atoms with Crippen LogP contribution >= 0.6 is 11.5 Å². The van der Waals surface area contributed by atoms with Crippen LogP contribution in [-0.2, 0) is 7.05 Å². The topological polar surface area (TPSA) is 102 Å². The van der Waals surface area contributed by atoms with Crippen molar-refractivity contribution in [2.45, 2.75) is 32.0 Å². The van der Waals surface area contributed by atoms with Gasteiger partial charge in [0.25, 0.3) is 5.56 Å². The maximum Gasteiger partial charge on any atom is 0.270 e. The first kappa shape index (κ1) is 24.6. The summed E-state index contributed by atoms with van der Waals surface area (Å²) in [6.45, 7) is 5.28. The molecule has 0 saturated carbocycles. The first-order chi connectivity index (χ1) is 17.8. The molecule has 1 aromatic carbocycles. The average molecular weight is 514 g/mol. The van der Waals surface area contributed by atoms with Crippen LogP contribution in [-0.4, -0.2) is 44.0 Å². The summed E-state index contributed by atoms with van der Waals surface area (Å²) in [5, 5.41) is 19.5. The van der Waals surface area contributed by atoms with Gasteiger partial charge in [0, 0.05) is 43.3 Å². The lowest BCUT2D eigenvalue weighted by molar-refractivity contribution is 0.131. The number of rotatable bonds is 4. The van der Waals surface area contributed by atoms with Crippen molar-refractivity contribution in [3.8, 4) is 12.1 Å². The van der Waals surface area contributed by atoms with E-state index in [1.54, 1.807) is 37.5 Å². The fraction of sp³-hybridized carbons (Fsp3) is 0.296. The van der Waals surface area contributed by atoms with E-state index in [1.807, 2.05) is 13.0 Å². The van der Waals surface area contributed by atoms with Crippen molar-refractivity contribution in [1.29, 1.82) is 10.5 Å². The van der Waals surface area contributed by atoms with Crippen molar-refractivity contribution in [2.75, 3.05) is 18.0 Å². The monoisotopic (exact) mass is 513 g/mol. The number of piperazine rings is 1. The molecule has 1 unspecified atom stereocenters. The zero-order chi connectivity index (χ0) is 26.3. The quantitative estimate of drug-likeness (QED) is 0.407. The summed E-state index contributed by atoms with van der Waals surface area (Å²) in [7, 11) is 1.61. The molecule has 4 heterocycles. The van der Waals surface area contributed by atoms with Crippen molar-refractivity contribution in [1.82, 2.24) is 18.8 Å². The summed E-state index contributed by atoms with van der Waals surface area (Å²) in [5.41, 5.74) is 2.30. The molecule has 186 valence electrons. The second kappa shape index (κ2) is 9.74. The normalized spacial score (nSPS) is 18.9. The first-order valence-electron chi connectivity index (χ1n) is 11.9. The Morgan fingerprint density at radius 1 is 1.05 bits per heavy atom. The Morgan fingerprint density at radius 2 is 1.81 bits per heavy atom. The molecule has 0 radical (unpaired) electrons. The molecule has 10 heteroatoms. The number of aryl methyl sites for hydroxylation is 1. The lowest BCUT2D eigenvalue weighted by Crippen LogP contribution is -2.58. The number of nitrogens with zero attached hydrogens (tertiary/aromatic N) is 7. The number of anilines is 1. The van der Waals surface area contributed by atoms with Gasteiger partial charge in [0.05, 0.1) is 17.2 Å². The van der Waals surface area contributed by atoms with Crippen LogP contribution in [0.2, 0.25) is 0 Å². The fourth-order valence-corrected chi connectivity index (χ4v) is 5.93. The number of pyridine rings is 2. The van der Waals surface area contributed by atoms with Crippen LogP contribution in [0, 0.1) is 28.5 Å². The summed E-state index contributed by atoms with van der Waals surface area (Å²) in [6.07, 6.45) is 1.77. The van der Waals surface area contributed by atoms with Gasteiger partial charge >= 0.3 is 0 Å². The van der Waals surface area contributed by atoms with E-state index < -0.39 is 5.56 Å². The van der Waals surface area contributed by atoms with Crippen molar-refractivity contribution >= 4 is 28.3 Å². The standard InChI is InChI=1S/C27H24FN7OS/c1-16-15-35(26-21(13-30)27(36)33(3)22-9-8-20(12-29)32-24(22)26)17(2)14-34(16)25(23-10-11-31-37-23)18-4-6-19(28)7-5-18/h4-11,16-17,25H,14-15H2,1-3H3/t16-,17+,25?/m1/s1. The molecule has 0 bridgehead atoms. The molecule has 4 aromatic rings. The summed E-state index contributed by atoms with van der Waals surface area (Å²) >= 11 is 1.41. The molecule has 0 spiro atoms. The van der Waals surface area contributed by atoms with Gasteiger partial charge < -0.3 is 9.47 Å². The minimum Gasteiger partial charge on any atom is -0.363 e. The highest BCUT2D eigenvalue weighted by Gasteiger charge is 2.37. The number of nitriles is 2. The van der Waals surface area contributed by atoms with Gasteiger partial charge in [-0.05, 0) is 61.3 Å². The molecule has 0 aliphatic carbocycles. The minimum atomic E-state index is -0.396. The number of hydrogen-bond acceptors (Lipinski definition) is 8. The van der Waals surface area contributed by atoms with Gasteiger partial charge in [0.15, 0.2) is 0 Å². The van der Waals surface area contributed by atoms with E-state index in [0.717, 1.165) is 10.4 Å². The third kappa shape index (κ3) is 4.25. The fourth-order valence-electron chi connectivity index (χ4n) is 5.19. The first-order valence-corrected chi connectivity index (χ1v) is 12.6. The third-order valence-electron chi connectivity index (χ3n) is 7.01. The van der Waals surface area contributed by atoms with Gasteiger partial charge in [-0.2, -0.15) is 10.5 Å². The smallest absolute Gasteiger partial charge is 0.270 e. The van der Waals surface area contributed by atoms with Crippen LogP contribution in [0.1, 0.15) is 41.6 Å². The predicted molar refractivity (Wildman–Crippen MR) is 140 cm³/mol. The van der Waals surface area contributed by atoms with Crippen molar-refractivity contribution in [3.63, 3.8) is 0 Å². The largest absolute Gasteiger partial charge is 0.363 e. The Labute approximate surface area is 217 Å². The number of halogens is 1.